The van der Waals surface area contributed by atoms with E-state index in [2.05, 4.69) is 0 Å². The molecule has 0 aliphatic carbocycles. The van der Waals surface area contributed by atoms with Crippen molar-refractivity contribution in [3.05, 3.63) is 72.3 Å². The molecule has 4 aromatic rings. The summed E-state index contributed by atoms with van der Waals surface area (Å²) >= 11 is 1.40. The molecule has 0 aliphatic heterocycles. The summed E-state index contributed by atoms with van der Waals surface area (Å²) in [6, 6.07) is 18.3. The molecule has 0 bridgehead atoms. The van der Waals surface area contributed by atoms with Crippen molar-refractivity contribution in [1.82, 2.24) is 0 Å². The van der Waals surface area contributed by atoms with Crippen molar-refractivity contribution in [1.29, 1.82) is 0 Å². The second-order valence-electron chi connectivity index (χ2n) is 6.50. The first kappa shape index (κ1) is 19.4. The number of halogens is 2. The molecule has 0 amide bonds. The van der Waals surface area contributed by atoms with Gasteiger partial charge in [-0.05, 0) is 66.3 Å². The van der Waals surface area contributed by atoms with Crippen LogP contribution in [0.25, 0.3) is 31.7 Å². The summed E-state index contributed by atoms with van der Waals surface area (Å²) < 4.78 is 40.0. The van der Waals surface area contributed by atoms with Crippen LogP contribution in [0.3, 0.4) is 0 Å². The minimum Gasteiger partial charge on any atom is -0.491 e. The Morgan fingerprint density at radius 3 is 2.03 bits per heavy atom. The number of rotatable bonds is 6. The third kappa shape index (κ3) is 3.83. The molecule has 0 atom stereocenters. The van der Waals surface area contributed by atoms with E-state index < -0.39 is 0 Å². The highest BCUT2D eigenvalue weighted by Gasteiger charge is 2.13. The summed E-state index contributed by atoms with van der Waals surface area (Å²) in [7, 11) is 0. The van der Waals surface area contributed by atoms with Gasteiger partial charge in [-0.15, -0.1) is 11.3 Å². The Labute approximate surface area is 172 Å². The van der Waals surface area contributed by atoms with Crippen molar-refractivity contribution in [3.8, 4) is 33.1 Å². The van der Waals surface area contributed by atoms with Crippen molar-refractivity contribution in [2.45, 2.75) is 13.8 Å². The molecular formula is C24H20F2O2S. The Balaban J connectivity index is 1.64. The SMILES string of the molecule is CCOc1ccc(-c2ccc(-c3cc4ccc(OCC)c(F)c4s3)cc2)cc1F. The zero-order valence-electron chi connectivity index (χ0n) is 16.2. The Morgan fingerprint density at radius 2 is 1.34 bits per heavy atom. The first-order valence-corrected chi connectivity index (χ1v) is 10.3. The standard InChI is InChI=1S/C24H20F2O2S/c1-3-27-20-11-9-17(13-19(20)25)15-5-7-16(8-6-15)22-14-18-10-12-21(28-4-2)23(26)24(18)29-22/h5-14H,3-4H2,1-2H3. The van der Waals surface area contributed by atoms with Crippen molar-refractivity contribution in [2.24, 2.45) is 0 Å². The van der Waals surface area contributed by atoms with Gasteiger partial charge in [-0.3, -0.25) is 0 Å². The molecule has 148 valence electrons. The molecule has 1 heterocycles. The molecule has 1 aromatic heterocycles. The molecule has 4 rings (SSSR count). The summed E-state index contributed by atoms with van der Waals surface area (Å²) in [5.74, 6) is -0.159. The monoisotopic (exact) mass is 410 g/mol. The van der Waals surface area contributed by atoms with Crippen LogP contribution in [0.5, 0.6) is 11.5 Å². The van der Waals surface area contributed by atoms with Crippen LogP contribution in [0.1, 0.15) is 13.8 Å². The van der Waals surface area contributed by atoms with Crippen LogP contribution in [0.4, 0.5) is 8.78 Å². The summed E-state index contributed by atoms with van der Waals surface area (Å²) in [6.45, 7) is 4.51. The lowest BCUT2D eigenvalue weighted by molar-refractivity contribution is 0.321. The lowest BCUT2D eigenvalue weighted by Crippen LogP contribution is -1.94. The number of hydrogen-bond donors (Lipinski definition) is 0. The van der Waals surface area contributed by atoms with Gasteiger partial charge in [0.2, 0.25) is 0 Å². The van der Waals surface area contributed by atoms with Crippen molar-refractivity contribution in [3.63, 3.8) is 0 Å². The maximum absolute atomic E-state index is 14.6. The Bertz CT molecular complexity index is 1150. The maximum atomic E-state index is 14.6. The van der Waals surface area contributed by atoms with Crippen molar-refractivity contribution >= 4 is 21.4 Å². The van der Waals surface area contributed by atoms with E-state index in [1.165, 1.54) is 17.4 Å². The van der Waals surface area contributed by atoms with Gasteiger partial charge in [0, 0.05) is 4.88 Å². The van der Waals surface area contributed by atoms with Gasteiger partial charge in [0.25, 0.3) is 0 Å². The average molecular weight is 410 g/mol. The van der Waals surface area contributed by atoms with Crippen molar-refractivity contribution < 1.29 is 18.3 Å². The first-order chi connectivity index (χ1) is 14.1. The zero-order chi connectivity index (χ0) is 20.4. The lowest BCUT2D eigenvalue weighted by atomic mass is 10.0. The normalized spacial score (nSPS) is 11.0. The summed E-state index contributed by atoms with van der Waals surface area (Å²) in [5, 5.41) is 0.851. The molecule has 0 saturated heterocycles. The van der Waals surface area contributed by atoms with Crippen LogP contribution >= 0.6 is 11.3 Å². The van der Waals surface area contributed by atoms with Crippen molar-refractivity contribution in [2.75, 3.05) is 13.2 Å². The van der Waals surface area contributed by atoms with Gasteiger partial charge >= 0.3 is 0 Å². The Morgan fingerprint density at radius 1 is 0.724 bits per heavy atom. The van der Waals surface area contributed by atoms with E-state index in [0.717, 1.165) is 27.0 Å². The van der Waals surface area contributed by atoms with E-state index in [0.29, 0.717) is 17.9 Å². The van der Waals surface area contributed by atoms with Crippen LogP contribution in [-0.4, -0.2) is 13.2 Å². The number of thiophene rings is 1. The predicted molar refractivity (Wildman–Crippen MR) is 115 cm³/mol. The molecule has 0 aliphatic rings. The van der Waals surface area contributed by atoms with Gasteiger partial charge in [-0.1, -0.05) is 30.3 Å². The molecule has 29 heavy (non-hydrogen) atoms. The molecule has 5 heteroatoms. The zero-order valence-corrected chi connectivity index (χ0v) is 17.0. The van der Waals surface area contributed by atoms with Crippen LogP contribution in [-0.2, 0) is 0 Å². The number of benzene rings is 3. The van der Waals surface area contributed by atoms with E-state index in [-0.39, 0.29) is 23.1 Å². The molecule has 2 nitrogen and oxygen atoms in total. The number of ether oxygens (including phenoxy) is 2. The van der Waals surface area contributed by atoms with Gasteiger partial charge in [0.1, 0.15) is 0 Å². The summed E-state index contributed by atoms with van der Waals surface area (Å²) in [4.78, 5) is 0.969. The second kappa shape index (κ2) is 8.21. The van der Waals surface area contributed by atoms with E-state index in [4.69, 9.17) is 9.47 Å². The molecular weight excluding hydrogens is 390 g/mol. The fraction of sp³-hybridized carbons (Fsp3) is 0.167. The fourth-order valence-corrected chi connectivity index (χ4v) is 4.33. The predicted octanol–water partition coefficient (Wildman–Crippen LogP) is 7.31. The first-order valence-electron chi connectivity index (χ1n) is 9.48. The fourth-order valence-electron chi connectivity index (χ4n) is 3.24. The van der Waals surface area contributed by atoms with Crippen LogP contribution in [0, 0.1) is 11.6 Å². The Kier molecular flexibility index (Phi) is 5.49. The highest BCUT2D eigenvalue weighted by molar-refractivity contribution is 7.22. The highest BCUT2D eigenvalue weighted by atomic mass is 32.1. The average Bonchev–Trinajstić information content (AvgIpc) is 3.17. The third-order valence-electron chi connectivity index (χ3n) is 4.63. The molecule has 0 unspecified atom stereocenters. The van der Waals surface area contributed by atoms with Crippen LogP contribution in [0.15, 0.2) is 60.7 Å². The summed E-state index contributed by atoms with van der Waals surface area (Å²) in [5.41, 5.74) is 2.67. The van der Waals surface area contributed by atoms with E-state index in [9.17, 15) is 8.78 Å². The quantitative estimate of drug-likeness (QED) is 0.332. The van der Waals surface area contributed by atoms with Gasteiger partial charge < -0.3 is 9.47 Å². The van der Waals surface area contributed by atoms with E-state index in [1.807, 2.05) is 56.3 Å². The van der Waals surface area contributed by atoms with Gasteiger partial charge in [0.05, 0.1) is 17.9 Å². The molecule has 0 spiro atoms. The number of hydrogen-bond acceptors (Lipinski definition) is 3. The molecule has 0 radical (unpaired) electrons. The van der Waals surface area contributed by atoms with Crippen LogP contribution < -0.4 is 9.47 Å². The highest BCUT2D eigenvalue weighted by Crippen LogP contribution is 2.38. The Hall–Kier alpha value is -2.92. The second-order valence-corrected chi connectivity index (χ2v) is 7.55. The minimum atomic E-state index is -0.376. The van der Waals surface area contributed by atoms with Crippen LogP contribution in [0.2, 0.25) is 0 Å². The topological polar surface area (TPSA) is 18.5 Å². The third-order valence-corrected chi connectivity index (χ3v) is 5.82. The van der Waals surface area contributed by atoms with E-state index in [1.54, 1.807) is 12.1 Å². The largest absolute Gasteiger partial charge is 0.491 e. The van der Waals surface area contributed by atoms with Gasteiger partial charge in [0.15, 0.2) is 23.1 Å². The molecule has 3 aromatic carbocycles. The molecule has 0 saturated carbocycles. The maximum Gasteiger partial charge on any atom is 0.182 e. The number of fused-ring (bicyclic) bond motifs is 1. The summed E-state index contributed by atoms with van der Waals surface area (Å²) in [6.07, 6.45) is 0. The van der Waals surface area contributed by atoms with Gasteiger partial charge in [-0.25, -0.2) is 8.78 Å². The van der Waals surface area contributed by atoms with Gasteiger partial charge in [-0.2, -0.15) is 0 Å². The molecule has 0 N–H and O–H groups in total. The smallest absolute Gasteiger partial charge is 0.182 e. The lowest BCUT2D eigenvalue weighted by Gasteiger charge is -2.07. The van der Waals surface area contributed by atoms with E-state index >= 15 is 0 Å². The minimum absolute atomic E-state index is 0.256. The molecule has 0 fully saturated rings.